The summed E-state index contributed by atoms with van der Waals surface area (Å²) in [5.74, 6) is 0.180. The van der Waals surface area contributed by atoms with Gasteiger partial charge in [-0.3, -0.25) is 4.79 Å². The summed E-state index contributed by atoms with van der Waals surface area (Å²) in [6, 6.07) is 0. The van der Waals surface area contributed by atoms with E-state index in [4.69, 9.17) is 0 Å². The first-order chi connectivity index (χ1) is 4.74. The molecule has 0 aromatic heterocycles. The van der Waals surface area contributed by atoms with Crippen molar-refractivity contribution in [3.8, 4) is 0 Å². The van der Waals surface area contributed by atoms with Crippen LogP contribution in [0.1, 0.15) is 20.3 Å². The molecule has 0 aromatic rings. The van der Waals surface area contributed by atoms with Crippen LogP contribution in [0.2, 0.25) is 0 Å². The Hall–Kier alpha value is -0.790. The van der Waals surface area contributed by atoms with Crippen LogP contribution in [-0.2, 0) is 4.79 Å². The highest BCUT2D eigenvalue weighted by Gasteiger charge is 2.13. The first-order valence-electron chi connectivity index (χ1n) is 3.67. The van der Waals surface area contributed by atoms with E-state index in [2.05, 4.69) is 13.0 Å². The fourth-order valence-corrected chi connectivity index (χ4v) is 1.11. The first-order valence-corrected chi connectivity index (χ1v) is 3.67. The Bertz CT molecular complexity index is 172. The largest absolute Gasteiger partial charge is 0.335 e. The van der Waals surface area contributed by atoms with Crippen molar-refractivity contribution in [3.05, 3.63) is 11.6 Å². The lowest BCUT2D eigenvalue weighted by Crippen LogP contribution is -2.25. The molecule has 0 atom stereocenters. The maximum atomic E-state index is 10.8. The molecule has 1 aliphatic rings. The van der Waals surface area contributed by atoms with Crippen LogP contribution in [0.15, 0.2) is 11.6 Å². The minimum Gasteiger partial charge on any atom is -0.335 e. The fourth-order valence-electron chi connectivity index (χ4n) is 1.11. The summed E-state index contributed by atoms with van der Waals surface area (Å²) in [5, 5.41) is 0. The highest BCUT2D eigenvalue weighted by atomic mass is 16.2. The van der Waals surface area contributed by atoms with E-state index in [-0.39, 0.29) is 5.91 Å². The highest BCUT2D eigenvalue weighted by molar-refractivity contribution is 5.74. The number of rotatable bonds is 1. The van der Waals surface area contributed by atoms with Gasteiger partial charge in [0.25, 0.3) is 0 Å². The van der Waals surface area contributed by atoms with Crippen molar-refractivity contribution in [2.24, 2.45) is 0 Å². The maximum absolute atomic E-state index is 10.8. The molecule has 0 N–H and O–H groups in total. The summed E-state index contributed by atoms with van der Waals surface area (Å²) >= 11 is 0. The molecule has 0 fully saturated rings. The molecule has 1 heterocycles. The van der Waals surface area contributed by atoms with E-state index in [0.29, 0.717) is 0 Å². The number of amides is 1. The van der Waals surface area contributed by atoms with Gasteiger partial charge in [0.1, 0.15) is 0 Å². The maximum Gasteiger partial charge on any atom is 0.220 e. The second-order valence-corrected chi connectivity index (χ2v) is 2.62. The smallest absolute Gasteiger partial charge is 0.220 e. The zero-order valence-corrected chi connectivity index (χ0v) is 6.55. The van der Waals surface area contributed by atoms with Crippen LogP contribution in [0.25, 0.3) is 0 Å². The van der Waals surface area contributed by atoms with E-state index >= 15 is 0 Å². The second-order valence-electron chi connectivity index (χ2n) is 2.62. The van der Waals surface area contributed by atoms with Crippen molar-refractivity contribution >= 4 is 5.91 Å². The van der Waals surface area contributed by atoms with E-state index in [1.54, 1.807) is 6.92 Å². The molecule has 1 aliphatic heterocycles. The van der Waals surface area contributed by atoms with Crippen LogP contribution in [0.5, 0.6) is 0 Å². The lowest BCUT2D eigenvalue weighted by molar-refractivity contribution is -0.127. The van der Waals surface area contributed by atoms with Crippen LogP contribution >= 0.6 is 0 Å². The van der Waals surface area contributed by atoms with Gasteiger partial charge in [0.15, 0.2) is 0 Å². The highest BCUT2D eigenvalue weighted by Crippen LogP contribution is 2.11. The predicted octanol–water partition coefficient (Wildman–Crippen LogP) is 1.18. The van der Waals surface area contributed by atoms with Crippen molar-refractivity contribution in [2.75, 3.05) is 13.1 Å². The molecular weight excluding hydrogens is 126 g/mol. The van der Waals surface area contributed by atoms with Crippen LogP contribution in [0, 0.1) is 0 Å². The molecule has 0 radical (unpaired) electrons. The molecule has 2 nitrogen and oxygen atoms in total. The molecule has 0 bridgehead atoms. The van der Waals surface area contributed by atoms with E-state index in [1.165, 1.54) is 5.57 Å². The number of carbonyl (C=O) groups is 1. The van der Waals surface area contributed by atoms with Gasteiger partial charge in [-0.15, -0.1) is 0 Å². The summed E-state index contributed by atoms with van der Waals surface area (Å²) in [4.78, 5) is 12.6. The second kappa shape index (κ2) is 2.86. The Morgan fingerprint density at radius 1 is 1.80 bits per heavy atom. The summed E-state index contributed by atoms with van der Waals surface area (Å²) in [5.41, 5.74) is 1.38. The minimum absolute atomic E-state index is 0.180. The first kappa shape index (κ1) is 7.32. The fraction of sp³-hybridized carbons (Fsp3) is 0.625. The monoisotopic (exact) mass is 139 g/mol. The number of hydrogen-bond donors (Lipinski definition) is 0. The molecule has 0 unspecified atom stereocenters. The SMILES string of the molecule is CCC1=CCN(C(C)=O)C1. The molecular formula is C8H13NO. The zero-order chi connectivity index (χ0) is 7.56. The number of nitrogens with zero attached hydrogens (tertiary/aromatic N) is 1. The molecule has 0 aromatic carbocycles. The van der Waals surface area contributed by atoms with Crippen LogP contribution in [0.3, 0.4) is 0 Å². The third-order valence-electron chi connectivity index (χ3n) is 1.89. The van der Waals surface area contributed by atoms with Crippen molar-refractivity contribution in [2.45, 2.75) is 20.3 Å². The average Bonchev–Trinajstić information content (AvgIpc) is 2.34. The van der Waals surface area contributed by atoms with Gasteiger partial charge in [0.2, 0.25) is 5.91 Å². The number of carbonyl (C=O) groups excluding carboxylic acids is 1. The van der Waals surface area contributed by atoms with E-state index < -0.39 is 0 Å². The molecule has 0 saturated carbocycles. The Morgan fingerprint density at radius 2 is 2.50 bits per heavy atom. The van der Waals surface area contributed by atoms with Crippen molar-refractivity contribution in [1.82, 2.24) is 4.90 Å². The van der Waals surface area contributed by atoms with Gasteiger partial charge in [-0.05, 0) is 6.42 Å². The molecule has 1 rings (SSSR count). The lowest BCUT2D eigenvalue weighted by atomic mass is 10.2. The molecule has 10 heavy (non-hydrogen) atoms. The Labute approximate surface area is 61.5 Å². The molecule has 1 amide bonds. The van der Waals surface area contributed by atoms with Crippen molar-refractivity contribution in [1.29, 1.82) is 0 Å². The topological polar surface area (TPSA) is 20.3 Å². The summed E-state index contributed by atoms with van der Waals surface area (Å²) in [6.07, 6.45) is 3.21. The van der Waals surface area contributed by atoms with Gasteiger partial charge in [-0.2, -0.15) is 0 Å². The Balaban J connectivity index is 2.43. The zero-order valence-electron chi connectivity index (χ0n) is 6.55. The van der Waals surface area contributed by atoms with Gasteiger partial charge in [-0.25, -0.2) is 0 Å². The Kier molecular flexibility index (Phi) is 2.10. The quantitative estimate of drug-likeness (QED) is 0.500. The van der Waals surface area contributed by atoms with Gasteiger partial charge in [0.05, 0.1) is 0 Å². The standard InChI is InChI=1S/C8H13NO/c1-3-8-4-5-9(6-8)7(2)10/h4H,3,5-6H2,1-2H3. The van der Waals surface area contributed by atoms with Crippen LogP contribution < -0.4 is 0 Å². The van der Waals surface area contributed by atoms with Crippen molar-refractivity contribution in [3.63, 3.8) is 0 Å². The predicted molar refractivity (Wildman–Crippen MR) is 40.6 cm³/mol. The van der Waals surface area contributed by atoms with Gasteiger partial charge in [-0.1, -0.05) is 18.6 Å². The molecule has 0 aliphatic carbocycles. The molecule has 0 saturated heterocycles. The average molecular weight is 139 g/mol. The number of hydrogen-bond acceptors (Lipinski definition) is 1. The minimum atomic E-state index is 0.180. The molecule has 0 spiro atoms. The summed E-state index contributed by atoms with van der Waals surface area (Å²) < 4.78 is 0. The van der Waals surface area contributed by atoms with E-state index in [9.17, 15) is 4.79 Å². The normalized spacial score (nSPS) is 17.4. The van der Waals surface area contributed by atoms with Gasteiger partial charge in [0, 0.05) is 20.0 Å². The van der Waals surface area contributed by atoms with Crippen molar-refractivity contribution < 1.29 is 4.79 Å². The van der Waals surface area contributed by atoms with E-state index in [0.717, 1.165) is 19.5 Å². The molecule has 2 heteroatoms. The van der Waals surface area contributed by atoms with Gasteiger partial charge < -0.3 is 4.90 Å². The third-order valence-corrected chi connectivity index (χ3v) is 1.89. The molecule has 56 valence electrons. The van der Waals surface area contributed by atoms with Crippen LogP contribution in [-0.4, -0.2) is 23.9 Å². The van der Waals surface area contributed by atoms with Gasteiger partial charge >= 0.3 is 0 Å². The summed E-state index contributed by atoms with van der Waals surface area (Å²) in [7, 11) is 0. The van der Waals surface area contributed by atoms with E-state index in [1.807, 2.05) is 4.90 Å². The lowest BCUT2D eigenvalue weighted by Gasteiger charge is -2.12. The van der Waals surface area contributed by atoms with Crippen LogP contribution in [0.4, 0.5) is 0 Å². The summed E-state index contributed by atoms with van der Waals surface area (Å²) in [6.45, 7) is 5.41. The third kappa shape index (κ3) is 1.38. The Morgan fingerprint density at radius 3 is 2.80 bits per heavy atom.